The molecule has 0 bridgehead atoms. The number of aromatic nitrogens is 1. The molecule has 2 nitrogen and oxygen atoms in total. The van der Waals surface area contributed by atoms with Gasteiger partial charge in [-0.2, -0.15) is 13.2 Å². The summed E-state index contributed by atoms with van der Waals surface area (Å²) in [4.78, 5) is 4.24. The summed E-state index contributed by atoms with van der Waals surface area (Å²) in [7, 11) is 0. The first-order chi connectivity index (χ1) is 7.47. The molecule has 6 heteroatoms. The second kappa shape index (κ2) is 6.20. The largest absolute Gasteiger partial charge is 0.389 e. The summed E-state index contributed by atoms with van der Waals surface area (Å²) in [5.41, 5.74) is 0.957. The third kappa shape index (κ3) is 6.07. The Morgan fingerprint density at radius 3 is 2.69 bits per heavy atom. The highest BCUT2D eigenvalue weighted by Gasteiger charge is 2.25. The molecule has 1 rings (SSSR count). The van der Waals surface area contributed by atoms with E-state index in [1.807, 2.05) is 12.3 Å². The predicted octanol–water partition coefficient (Wildman–Crippen LogP) is 3.27. The summed E-state index contributed by atoms with van der Waals surface area (Å²) in [6, 6.07) is 0. The van der Waals surface area contributed by atoms with Crippen molar-refractivity contribution in [1.29, 1.82) is 0 Å². The zero-order valence-electron chi connectivity index (χ0n) is 9.10. The summed E-state index contributed by atoms with van der Waals surface area (Å²) in [6.07, 6.45) is -3.98. The molecule has 0 aliphatic carbocycles. The molecule has 16 heavy (non-hydrogen) atoms. The molecule has 92 valence electrons. The lowest BCUT2D eigenvalue weighted by atomic mass is 10.2. The molecule has 0 fully saturated rings. The van der Waals surface area contributed by atoms with Gasteiger partial charge in [0.1, 0.15) is 0 Å². The molecule has 0 saturated carbocycles. The van der Waals surface area contributed by atoms with Crippen LogP contribution in [0.15, 0.2) is 5.38 Å². The molecule has 0 amide bonds. The van der Waals surface area contributed by atoms with Crippen molar-refractivity contribution in [3.63, 3.8) is 0 Å². The molecular formula is C10H15F3N2S. The minimum absolute atomic E-state index is 0.187. The summed E-state index contributed by atoms with van der Waals surface area (Å²) in [6.45, 7) is 3.17. The molecule has 0 atom stereocenters. The molecule has 0 radical (unpaired) electrons. The molecule has 0 unspecified atom stereocenters. The van der Waals surface area contributed by atoms with Gasteiger partial charge in [0.2, 0.25) is 0 Å². The zero-order valence-corrected chi connectivity index (χ0v) is 9.92. The summed E-state index contributed by atoms with van der Waals surface area (Å²) in [5, 5.41) is 6.04. The average molecular weight is 252 g/mol. The number of thiazole rings is 1. The maximum atomic E-state index is 11.8. The third-order valence-corrected chi connectivity index (χ3v) is 2.86. The van der Waals surface area contributed by atoms with Crippen LogP contribution in [-0.4, -0.2) is 17.7 Å². The van der Waals surface area contributed by atoms with Crippen LogP contribution in [0.3, 0.4) is 0 Å². The van der Waals surface area contributed by atoms with Gasteiger partial charge in [-0.1, -0.05) is 0 Å². The number of nitrogens with zero attached hydrogens (tertiary/aromatic N) is 1. The Morgan fingerprint density at radius 1 is 1.38 bits per heavy atom. The molecule has 1 N–H and O–H groups in total. The molecule has 0 aliphatic heterocycles. The van der Waals surface area contributed by atoms with E-state index in [9.17, 15) is 13.2 Å². The number of alkyl halides is 3. The first kappa shape index (κ1) is 13.4. The predicted molar refractivity (Wildman–Crippen MR) is 58.5 cm³/mol. The van der Waals surface area contributed by atoms with Crippen LogP contribution >= 0.6 is 11.3 Å². The number of hydrogen-bond donors (Lipinski definition) is 1. The van der Waals surface area contributed by atoms with Gasteiger partial charge >= 0.3 is 6.18 Å². The zero-order chi connectivity index (χ0) is 12.0. The number of nitrogens with one attached hydrogen (secondary N) is 1. The normalized spacial score (nSPS) is 12.0. The van der Waals surface area contributed by atoms with Crippen LogP contribution < -0.4 is 5.32 Å². The monoisotopic (exact) mass is 252 g/mol. The SMILES string of the molecule is Cc1nc(CNCCCCC(F)(F)F)cs1. The molecule has 1 heterocycles. The van der Waals surface area contributed by atoms with Gasteiger partial charge in [0.25, 0.3) is 0 Å². The van der Waals surface area contributed by atoms with Gasteiger partial charge < -0.3 is 5.32 Å². The van der Waals surface area contributed by atoms with Crippen molar-refractivity contribution in [1.82, 2.24) is 10.3 Å². The van der Waals surface area contributed by atoms with Crippen LogP contribution in [0.5, 0.6) is 0 Å². The van der Waals surface area contributed by atoms with Crippen molar-refractivity contribution < 1.29 is 13.2 Å². The van der Waals surface area contributed by atoms with Gasteiger partial charge in [-0.3, -0.25) is 0 Å². The molecule has 0 saturated heterocycles. The van der Waals surface area contributed by atoms with Crippen molar-refractivity contribution in [2.45, 2.75) is 38.9 Å². The Hall–Kier alpha value is -0.620. The number of unbranched alkanes of at least 4 members (excludes halogenated alkanes) is 1. The Bertz CT molecular complexity index is 309. The van der Waals surface area contributed by atoms with E-state index < -0.39 is 12.6 Å². The maximum absolute atomic E-state index is 11.8. The van der Waals surface area contributed by atoms with Crippen molar-refractivity contribution in [2.75, 3.05) is 6.54 Å². The van der Waals surface area contributed by atoms with Crippen molar-refractivity contribution >= 4 is 11.3 Å². The second-order valence-electron chi connectivity index (χ2n) is 3.61. The fourth-order valence-corrected chi connectivity index (χ4v) is 1.89. The summed E-state index contributed by atoms with van der Waals surface area (Å²) in [5.74, 6) is 0. The van der Waals surface area contributed by atoms with E-state index in [0.717, 1.165) is 10.7 Å². The minimum Gasteiger partial charge on any atom is -0.311 e. The van der Waals surface area contributed by atoms with Crippen molar-refractivity contribution in [2.24, 2.45) is 0 Å². The fraction of sp³-hybridized carbons (Fsp3) is 0.700. The molecule has 0 aromatic carbocycles. The highest BCUT2D eigenvalue weighted by molar-refractivity contribution is 7.09. The Kier molecular flexibility index (Phi) is 5.21. The lowest BCUT2D eigenvalue weighted by Gasteiger charge is -2.06. The van der Waals surface area contributed by atoms with E-state index in [4.69, 9.17) is 0 Å². The average Bonchev–Trinajstić information content (AvgIpc) is 2.56. The first-order valence-electron chi connectivity index (χ1n) is 5.16. The highest BCUT2D eigenvalue weighted by Crippen LogP contribution is 2.21. The Labute approximate surface area is 96.9 Å². The van der Waals surface area contributed by atoms with E-state index >= 15 is 0 Å². The van der Waals surface area contributed by atoms with Crippen molar-refractivity contribution in [3.8, 4) is 0 Å². The van der Waals surface area contributed by atoms with Crippen LogP contribution in [-0.2, 0) is 6.54 Å². The van der Waals surface area contributed by atoms with Crippen molar-refractivity contribution in [3.05, 3.63) is 16.1 Å². The number of aryl methyl sites for hydroxylation is 1. The van der Waals surface area contributed by atoms with Crippen LogP contribution in [0.2, 0.25) is 0 Å². The first-order valence-corrected chi connectivity index (χ1v) is 6.04. The number of rotatable bonds is 6. The Morgan fingerprint density at radius 2 is 2.12 bits per heavy atom. The van der Waals surface area contributed by atoms with Gasteiger partial charge in [-0.05, 0) is 26.3 Å². The topological polar surface area (TPSA) is 24.9 Å². The minimum atomic E-state index is -4.02. The van der Waals surface area contributed by atoms with Crippen LogP contribution in [0, 0.1) is 6.92 Å². The number of halogens is 3. The number of hydrogen-bond acceptors (Lipinski definition) is 3. The van der Waals surface area contributed by atoms with Crippen LogP contribution in [0.4, 0.5) is 13.2 Å². The lowest BCUT2D eigenvalue weighted by Crippen LogP contribution is -2.16. The third-order valence-electron chi connectivity index (χ3n) is 2.04. The standard InChI is InChI=1S/C10H15F3N2S/c1-8-15-9(7-16-8)6-14-5-3-2-4-10(11,12)13/h7,14H,2-6H2,1H3. The van der Waals surface area contributed by atoms with Gasteiger partial charge in [-0.25, -0.2) is 4.98 Å². The van der Waals surface area contributed by atoms with E-state index in [-0.39, 0.29) is 6.42 Å². The summed E-state index contributed by atoms with van der Waals surface area (Å²) >= 11 is 1.58. The van der Waals surface area contributed by atoms with Gasteiger partial charge in [0, 0.05) is 18.3 Å². The fourth-order valence-electron chi connectivity index (χ4n) is 1.28. The van der Waals surface area contributed by atoms with E-state index in [1.165, 1.54) is 0 Å². The highest BCUT2D eigenvalue weighted by atomic mass is 32.1. The quantitative estimate of drug-likeness (QED) is 0.786. The molecule has 0 spiro atoms. The van der Waals surface area contributed by atoms with Crippen LogP contribution in [0.25, 0.3) is 0 Å². The Balaban J connectivity index is 2.00. The lowest BCUT2D eigenvalue weighted by molar-refractivity contribution is -0.135. The van der Waals surface area contributed by atoms with Gasteiger partial charge in [-0.15, -0.1) is 11.3 Å². The van der Waals surface area contributed by atoms with Gasteiger partial charge in [0.05, 0.1) is 10.7 Å². The smallest absolute Gasteiger partial charge is 0.311 e. The van der Waals surface area contributed by atoms with Gasteiger partial charge in [0.15, 0.2) is 0 Å². The molecule has 0 aliphatic rings. The van der Waals surface area contributed by atoms with E-state index in [1.54, 1.807) is 11.3 Å². The second-order valence-corrected chi connectivity index (χ2v) is 4.67. The summed E-state index contributed by atoms with van der Waals surface area (Å²) < 4.78 is 35.4. The molecular weight excluding hydrogens is 237 g/mol. The maximum Gasteiger partial charge on any atom is 0.389 e. The molecule has 1 aromatic heterocycles. The van der Waals surface area contributed by atoms with Crippen LogP contribution in [0.1, 0.15) is 30.0 Å². The molecule has 1 aromatic rings. The van der Waals surface area contributed by atoms with E-state index in [0.29, 0.717) is 19.5 Å². The van der Waals surface area contributed by atoms with E-state index in [2.05, 4.69) is 10.3 Å².